The number of hydrogen-bond acceptors (Lipinski definition) is 3. The van der Waals surface area contributed by atoms with E-state index in [0.29, 0.717) is 28.3 Å². The van der Waals surface area contributed by atoms with Crippen molar-refractivity contribution in [1.29, 1.82) is 0 Å². The van der Waals surface area contributed by atoms with Gasteiger partial charge in [0, 0.05) is 17.0 Å². The zero-order valence-corrected chi connectivity index (χ0v) is 11.2. The molecule has 0 aliphatic carbocycles. The molecule has 3 aromatic rings. The molecule has 0 saturated carbocycles. The summed E-state index contributed by atoms with van der Waals surface area (Å²) in [5.41, 5.74) is 1.73. The molecule has 0 radical (unpaired) electrons. The van der Waals surface area contributed by atoms with E-state index in [1.54, 1.807) is 6.07 Å². The van der Waals surface area contributed by atoms with Crippen LogP contribution in [0.2, 0.25) is 5.02 Å². The summed E-state index contributed by atoms with van der Waals surface area (Å²) < 4.78 is 13.3. The zero-order valence-electron chi connectivity index (χ0n) is 10.5. The Morgan fingerprint density at radius 1 is 1.10 bits per heavy atom. The lowest BCUT2D eigenvalue weighted by Crippen LogP contribution is -2.02. The van der Waals surface area contributed by atoms with E-state index in [1.807, 2.05) is 24.3 Å². The summed E-state index contributed by atoms with van der Waals surface area (Å²) in [6.45, 7) is 0.559. The van der Waals surface area contributed by atoms with Crippen LogP contribution in [0.1, 0.15) is 5.56 Å². The molecule has 3 nitrogen and oxygen atoms in total. The Hall–Kier alpha value is -2.20. The van der Waals surface area contributed by atoms with Gasteiger partial charge in [0.25, 0.3) is 0 Å². The van der Waals surface area contributed by atoms with E-state index in [0.717, 1.165) is 5.56 Å². The van der Waals surface area contributed by atoms with E-state index in [1.165, 1.54) is 18.5 Å². The van der Waals surface area contributed by atoms with E-state index in [2.05, 4.69) is 15.3 Å². The van der Waals surface area contributed by atoms with Crippen LogP contribution in [0.15, 0.2) is 48.8 Å². The summed E-state index contributed by atoms with van der Waals surface area (Å²) in [5, 5.41) is 4.53. The van der Waals surface area contributed by atoms with Gasteiger partial charge in [-0.3, -0.25) is 0 Å². The van der Waals surface area contributed by atoms with Gasteiger partial charge in [-0.15, -0.1) is 0 Å². The van der Waals surface area contributed by atoms with Crippen LogP contribution in [-0.2, 0) is 6.54 Å². The standard InChI is InChI=1S/C15H11ClFN3/c16-11-3-1-2-10(6-11)8-18-15-13-7-12(17)4-5-14(13)19-9-20-15/h1-7,9H,8H2,(H,18,19,20). The van der Waals surface area contributed by atoms with Crippen molar-refractivity contribution in [1.82, 2.24) is 9.97 Å². The quantitative estimate of drug-likeness (QED) is 0.790. The molecule has 0 aliphatic heterocycles. The van der Waals surface area contributed by atoms with Crippen molar-refractivity contribution in [2.45, 2.75) is 6.54 Å². The van der Waals surface area contributed by atoms with E-state index in [4.69, 9.17) is 11.6 Å². The first-order valence-electron chi connectivity index (χ1n) is 6.11. The number of benzene rings is 2. The second kappa shape index (κ2) is 5.43. The third kappa shape index (κ3) is 2.70. The van der Waals surface area contributed by atoms with Crippen LogP contribution in [0.3, 0.4) is 0 Å². The fourth-order valence-electron chi connectivity index (χ4n) is 2.00. The number of anilines is 1. The van der Waals surface area contributed by atoms with E-state index >= 15 is 0 Å². The molecule has 100 valence electrons. The van der Waals surface area contributed by atoms with Crippen molar-refractivity contribution in [3.8, 4) is 0 Å². The van der Waals surface area contributed by atoms with Crippen LogP contribution >= 0.6 is 11.6 Å². The molecule has 0 spiro atoms. The lowest BCUT2D eigenvalue weighted by Gasteiger charge is -2.08. The highest BCUT2D eigenvalue weighted by Gasteiger charge is 2.05. The first-order chi connectivity index (χ1) is 9.72. The Morgan fingerprint density at radius 3 is 2.85 bits per heavy atom. The summed E-state index contributed by atoms with van der Waals surface area (Å²) >= 11 is 5.94. The Labute approximate surface area is 120 Å². The largest absolute Gasteiger partial charge is 0.365 e. The van der Waals surface area contributed by atoms with Crippen molar-refractivity contribution >= 4 is 28.3 Å². The molecule has 0 atom stereocenters. The van der Waals surface area contributed by atoms with Crippen molar-refractivity contribution in [3.63, 3.8) is 0 Å². The second-order valence-corrected chi connectivity index (χ2v) is 4.80. The third-order valence-corrected chi connectivity index (χ3v) is 3.18. The maximum atomic E-state index is 13.3. The highest BCUT2D eigenvalue weighted by Crippen LogP contribution is 2.21. The van der Waals surface area contributed by atoms with Crippen molar-refractivity contribution < 1.29 is 4.39 Å². The number of nitrogens with one attached hydrogen (secondary N) is 1. The summed E-state index contributed by atoms with van der Waals surface area (Å²) in [4.78, 5) is 8.28. The molecule has 1 heterocycles. The molecule has 3 rings (SSSR count). The van der Waals surface area contributed by atoms with Crippen LogP contribution in [0.4, 0.5) is 10.2 Å². The maximum absolute atomic E-state index is 13.3. The van der Waals surface area contributed by atoms with Crippen LogP contribution < -0.4 is 5.32 Å². The number of fused-ring (bicyclic) bond motifs is 1. The van der Waals surface area contributed by atoms with E-state index in [-0.39, 0.29) is 5.82 Å². The van der Waals surface area contributed by atoms with Gasteiger partial charge in [-0.2, -0.15) is 0 Å². The Morgan fingerprint density at radius 2 is 2.00 bits per heavy atom. The van der Waals surface area contributed by atoms with Crippen molar-refractivity contribution in [3.05, 3.63) is 65.2 Å². The molecule has 1 N–H and O–H groups in total. The number of halogens is 2. The van der Waals surface area contributed by atoms with Crippen molar-refractivity contribution in [2.75, 3.05) is 5.32 Å². The fourth-order valence-corrected chi connectivity index (χ4v) is 2.22. The van der Waals surface area contributed by atoms with Crippen LogP contribution in [0, 0.1) is 5.82 Å². The molecular weight excluding hydrogens is 277 g/mol. The van der Waals surface area contributed by atoms with Crippen molar-refractivity contribution in [2.24, 2.45) is 0 Å². The minimum atomic E-state index is -0.307. The number of aromatic nitrogens is 2. The van der Waals surface area contributed by atoms with Crippen LogP contribution in [0.25, 0.3) is 10.9 Å². The number of rotatable bonds is 3. The number of hydrogen-bond donors (Lipinski definition) is 1. The van der Waals surface area contributed by atoms with Gasteiger partial charge in [-0.25, -0.2) is 14.4 Å². The van der Waals surface area contributed by atoms with Gasteiger partial charge in [-0.1, -0.05) is 23.7 Å². The number of nitrogens with zero attached hydrogens (tertiary/aromatic N) is 2. The lowest BCUT2D eigenvalue weighted by molar-refractivity contribution is 0.629. The predicted octanol–water partition coefficient (Wildman–Crippen LogP) is 4.03. The van der Waals surface area contributed by atoms with Crippen LogP contribution in [-0.4, -0.2) is 9.97 Å². The molecule has 2 aromatic carbocycles. The second-order valence-electron chi connectivity index (χ2n) is 4.37. The highest BCUT2D eigenvalue weighted by atomic mass is 35.5. The highest BCUT2D eigenvalue weighted by molar-refractivity contribution is 6.30. The topological polar surface area (TPSA) is 37.8 Å². The third-order valence-electron chi connectivity index (χ3n) is 2.95. The molecule has 0 aliphatic rings. The molecular formula is C15H11ClFN3. The first-order valence-corrected chi connectivity index (χ1v) is 6.49. The van der Waals surface area contributed by atoms with Gasteiger partial charge in [-0.05, 0) is 35.9 Å². The fraction of sp³-hybridized carbons (Fsp3) is 0.0667. The molecule has 0 saturated heterocycles. The normalized spacial score (nSPS) is 10.7. The zero-order chi connectivity index (χ0) is 13.9. The average Bonchev–Trinajstić information content (AvgIpc) is 2.45. The van der Waals surface area contributed by atoms with Gasteiger partial charge in [0.05, 0.1) is 5.52 Å². The maximum Gasteiger partial charge on any atom is 0.137 e. The van der Waals surface area contributed by atoms with Gasteiger partial charge in [0.1, 0.15) is 18.0 Å². The molecule has 0 unspecified atom stereocenters. The summed E-state index contributed by atoms with van der Waals surface area (Å²) in [5.74, 6) is 0.299. The molecule has 5 heteroatoms. The molecule has 0 bridgehead atoms. The Bertz CT molecular complexity index is 761. The van der Waals surface area contributed by atoms with Gasteiger partial charge >= 0.3 is 0 Å². The van der Waals surface area contributed by atoms with Gasteiger partial charge in [0.2, 0.25) is 0 Å². The van der Waals surface area contributed by atoms with Gasteiger partial charge < -0.3 is 5.32 Å². The molecule has 1 aromatic heterocycles. The van der Waals surface area contributed by atoms with Gasteiger partial charge in [0.15, 0.2) is 0 Å². The summed E-state index contributed by atoms with van der Waals surface area (Å²) in [7, 11) is 0. The predicted molar refractivity (Wildman–Crippen MR) is 78.3 cm³/mol. The summed E-state index contributed by atoms with van der Waals surface area (Å²) in [6, 6.07) is 12.0. The van der Waals surface area contributed by atoms with E-state index in [9.17, 15) is 4.39 Å². The van der Waals surface area contributed by atoms with E-state index < -0.39 is 0 Å². The minimum Gasteiger partial charge on any atom is -0.365 e. The smallest absolute Gasteiger partial charge is 0.137 e. The SMILES string of the molecule is Fc1ccc2ncnc(NCc3cccc(Cl)c3)c2c1. The van der Waals surface area contributed by atoms with Crippen LogP contribution in [0.5, 0.6) is 0 Å². The Balaban J connectivity index is 1.89. The molecule has 0 fully saturated rings. The molecule has 0 amide bonds. The first kappa shape index (κ1) is 12.8. The average molecular weight is 288 g/mol. The molecule has 20 heavy (non-hydrogen) atoms. The summed E-state index contributed by atoms with van der Waals surface area (Å²) in [6.07, 6.45) is 1.46. The lowest BCUT2D eigenvalue weighted by atomic mass is 10.2. The Kier molecular flexibility index (Phi) is 3.48. The monoisotopic (exact) mass is 287 g/mol. The minimum absolute atomic E-state index is 0.307.